The van der Waals surface area contributed by atoms with Crippen molar-refractivity contribution in [1.82, 2.24) is 13.1 Å². The molecule has 0 radical (unpaired) electrons. The molecule has 1 heterocycles. The standard InChI is InChI=1S/C12H16N4O2S3/c1-8(2)16(7-6-11(13)19)21(17,18)10-5-3-4-9-12(10)15-20-14-9/h3-5,8H,6-7H2,1-2H3,(H2,13,19). The Labute approximate surface area is 133 Å². The summed E-state index contributed by atoms with van der Waals surface area (Å²) < 4.78 is 35.3. The predicted molar refractivity (Wildman–Crippen MR) is 87.8 cm³/mol. The Balaban J connectivity index is 2.47. The first-order valence-corrected chi connectivity index (χ1v) is 8.93. The molecule has 0 atom stereocenters. The van der Waals surface area contributed by atoms with Gasteiger partial charge in [-0.05, 0) is 26.0 Å². The van der Waals surface area contributed by atoms with Crippen molar-refractivity contribution in [2.24, 2.45) is 5.73 Å². The number of nitrogens with two attached hydrogens (primary N) is 1. The molecule has 0 aliphatic heterocycles. The molecule has 0 unspecified atom stereocenters. The molecule has 1 aromatic heterocycles. The van der Waals surface area contributed by atoms with Gasteiger partial charge in [0.1, 0.15) is 15.9 Å². The molecule has 0 aliphatic carbocycles. The Bertz CT molecular complexity index is 755. The van der Waals surface area contributed by atoms with E-state index in [0.29, 0.717) is 22.4 Å². The van der Waals surface area contributed by atoms with Crippen LogP contribution in [0.3, 0.4) is 0 Å². The Morgan fingerprint density at radius 3 is 2.76 bits per heavy atom. The van der Waals surface area contributed by atoms with E-state index < -0.39 is 10.0 Å². The molecule has 0 spiro atoms. The van der Waals surface area contributed by atoms with Crippen molar-refractivity contribution < 1.29 is 8.42 Å². The molecule has 0 fully saturated rings. The molecule has 0 amide bonds. The molecule has 9 heteroatoms. The molecule has 0 saturated heterocycles. The second-order valence-electron chi connectivity index (χ2n) is 4.81. The lowest BCUT2D eigenvalue weighted by Crippen LogP contribution is -2.39. The van der Waals surface area contributed by atoms with Crippen LogP contribution in [0.15, 0.2) is 23.1 Å². The van der Waals surface area contributed by atoms with Gasteiger partial charge in [0.2, 0.25) is 10.0 Å². The summed E-state index contributed by atoms with van der Waals surface area (Å²) in [6.45, 7) is 3.89. The summed E-state index contributed by atoms with van der Waals surface area (Å²) in [7, 11) is -3.67. The highest BCUT2D eigenvalue weighted by molar-refractivity contribution is 7.89. The third-order valence-corrected chi connectivity index (χ3v) is 5.84. The molecule has 2 aromatic rings. The van der Waals surface area contributed by atoms with Crippen LogP contribution >= 0.6 is 23.9 Å². The summed E-state index contributed by atoms with van der Waals surface area (Å²) in [5.74, 6) is 0. The van der Waals surface area contributed by atoms with Crippen LogP contribution in [0, 0.1) is 0 Å². The minimum Gasteiger partial charge on any atom is -0.393 e. The highest BCUT2D eigenvalue weighted by Crippen LogP contribution is 2.25. The van der Waals surface area contributed by atoms with E-state index in [9.17, 15) is 8.42 Å². The number of hydrogen-bond donors (Lipinski definition) is 1. The van der Waals surface area contributed by atoms with Gasteiger partial charge in [-0.25, -0.2) is 8.42 Å². The predicted octanol–water partition coefficient (Wildman–Crippen LogP) is 1.77. The molecular formula is C12H16N4O2S3. The van der Waals surface area contributed by atoms with E-state index in [2.05, 4.69) is 8.75 Å². The highest BCUT2D eigenvalue weighted by atomic mass is 32.2. The van der Waals surface area contributed by atoms with Gasteiger partial charge in [-0.1, -0.05) is 18.3 Å². The second-order valence-corrected chi connectivity index (χ2v) is 7.73. The first-order chi connectivity index (χ1) is 9.84. The number of rotatable bonds is 6. The molecule has 0 bridgehead atoms. The summed E-state index contributed by atoms with van der Waals surface area (Å²) in [6, 6.07) is 4.76. The van der Waals surface area contributed by atoms with Gasteiger partial charge in [-0.15, -0.1) is 0 Å². The number of sulfonamides is 1. The third kappa shape index (κ3) is 3.37. The smallest absolute Gasteiger partial charge is 0.245 e. The first kappa shape index (κ1) is 16.2. The monoisotopic (exact) mass is 344 g/mol. The third-order valence-electron chi connectivity index (χ3n) is 2.99. The van der Waals surface area contributed by atoms with Crippen LogP contribution in [-0.2, 0) is 10.0 Å². The number of thiocarbonyl (C=S) groups is 1. The van der Waals surface area contributed by atoms with Crippen molar-refractivity contribution in [3.05, 3.63) is 18.2 Å². The Morgan fingerprint density at radius 2 is 2.14 bits per heavy atom. The Kier molecular flexibility index (Phi) is 4.87. The van der Waals surface area contributed by atoms with Crippen LogP contribution in [0.1, 0.15) is 20.3 Å². The van der Waals surface area contributed by atoms with Crippen molar-refractivity contribution in [3.8, 4) is 0 Å². The maximum atomic E-state index is 12.9. The van der Waals surface area contributed by atoms with E-state index in [1.165, 1.54) is 4.31 Å². The zero-order chi connectivity index (χ0) is 15.6. The number of nitrogens with zero attached hydrogens (tertiary/aromatic N) is 3. The van der Waals surface area contributed by atoms with Gasteiger partial charge >= 0.3 is 0 Å². The Morgan fingerprint density at radius 1 is 1.43 bits per heavy atom. The minimum atomic E-state index is -3.67. The lowest BCUT2D eigenvalue weighted by atomic mass is 10.3. The minimum absolute atomic E-state index is 0.172. The Hall–Kier alpha value is -1.16. The van der Waals surface area contributed by atoms with Gasteiger partial charge in [0.25, 0.3) is 0 Å². The molecule has 21 heavy (non-hydrogen) atoms. The molecule has 2 N–H and O–H groups in total. The maximum absolute atomic E-state index is 12.9. The van der Waals surface area contributed by atoms with Crippen LogP contribution in [0.2, 0.25) is 0 Å². The second kappa shape index (κ2) is 6.30. The van der Waals surface area contributed by atoms with E-state index in [4.69, 9.17) is 18.0 Å². The van der Waals surface area contributed by atoms with Crippen molar-refractivity contribution >= 4 is 50.0 Å². The zero-order valence-corrected chi connectivity index (χ0v) is 14.1. The fraction of sp³-hybridized carbons (Fsp3) is 0.417. The summed E-state index contributed by atoms with van der Waals surface area (Å²) in [5, 5.41) is 0. The van der Waals surface area contributed by atoms with Crippen molar-refractivity contribution in [2.45, 2.75) is 31.2 Å². The van der Waals surface area contributed by atoms with Gasteiger partial charge in [0.05, 0.1) is 16.7 Å². The van der Waals surface area contributed by atoms with Crippen molar-refractivity contribution in [1.29, 1.82) is 0 Å². The lowest BCUT2D eigenvalue weighted by Gasteiger charge is -2.25. The summed E-state index contributed by atoms with van der Waals surface area (Å²) in [6.07, 6.45) is 0.345. The summed E-state index contributed by atoms with van der Waals surface area (Å²) in [5.41, 5.74) is 6.47. The number of hydrogen-bond acceptors (Lipinski definition) is 6. The highest BCUT2D eigenvalue weighted by Gasteiger charge is 2.29. The van der Waals surface area contributed by atoms with Gasteiger partial charge < -0.3 is 5.73 Å². The van der Waals surface area contributed by atoms with Gasteiger partial charge in [-0.2, -0.15) is 13.1 Å². The number of fused-ring (bicyclic) bond motifs is 1. The van der Waals surface area contributed by atoms with E-state index in [1.54, 1.807) is 18.2 Å². The average molecular weight is 344 g/mol. The SMILES string of the molecule is CC(C)N(CCC(N)=S)S(=O)(=O)c1cccc2nsnc12. The summed E-state index contributed by atoms with van der Waals surface area (Å²) in [4.78, 5) is 0.467. The number of benzene rings is 1. The fourth-order valence-corrected chi connectivity index (χ4v) is 4.48. The molecule has 0 aliphatic rings. The fourth-order valence-electron chi connectivity index (χ4n) is 1.99. The van der Waals surface area contributed by atoms with Gasteiger partial charge in [0.15, 0.2) is 0 Å². The molecule has 114 valence electrons. The normalized spacial score (nSPS) is 12.4. The topological polar surface area (TPSA) is 89.2 Å². The zero-order valence-electron chi connectivity index (χ0n) is 11.7. The van der Waals surface area contributed by atoms with Crippen LogP contribution in [0.25, 0.3) is 11.0 Å². The quantitative estimate of drug-likeness (QED) is 0.803. The lowest BCUT2D eigenvalue weighted by molar-refractivity contribution is 0.362. The van der Waals surface area contributed by atoms with Crippen LogP contribution in [0.4, 0.5) is 0 Å². The average Bonchev–Trinajstić information content (AvgIpc) is 2.85. The first-order valence-electron chi connectivity index (χ1n) is 6.35. The van der Waals surface area contributed by atoms with E-state index >= 15 is 0 Å². The van der Waals surface area contributed by atoms with E-state index in [1.807, 2.05) is 13.8 Å². The van der Waals surface area contributed by atoms with E-state index in [0.717, 1.165) is 11.7 Å². The largest absolute Gasteiger partial charge is 0.393 e. The van der Waals surface area contributed by atoms with Crippen molar-refractivity contribution in [2.75, 3.05) is 6.54 Å². The molecule has 1 aromatic carbocycles. The van der Waals surface area contributed by atoms with Crippen LogP contribution in [-0.4, -0.2) is 39.0 Å². The molecule has 6 nitrogen and oxygen atoms in total. The summed E-state index contributed by atoms with van der Waals surface area (Å²) >= 11 is 5.84. The van der Waals surface area contributed by atoms with Gasteiger partial charge in [-0.3, -0.25) is 0 Å². The number of aromatic nitrogens is 2. The molecule has 2 rings (SSSR count). The maximum Gasteiger partial charge on any atom is 0.245 e. The molecular weight excluding hydrogens is 328 g/mol. The van der Waals surface area contributed by atoms with Crippen LogP contribution in [0.5, 0.6) is 0 Å². The van der Waals surface area contributed by atoms with E-state index in [-0.39, 0.29) is 17.5 Å². The van der Waals surface area contributed by atoms with Crippen molar-refractivity contribution in [3.63, 3.8) is 0 Å². The molecule has 0 saturated carbocycles. The van der Waals surface area contributed by atoms with Gasteiger partial charge in [0, 0.05) is 19.0 Å². The van der Waals surface area contributed by atoms with Crippen LogP contribution < -0.4 is 5.73 Å².